The Morgan fingerprint density at radius 2 is 1.05 bits per heavy atom. The molecule has 0 spiro atoms. The lowest BCUT2D eigenvalue weighted by atomic mass is 9.80. The summed E-state index contributed by atoms with van der Waals surface area (Å²) in [5.41, 5.74) is -4.04. The van der Waals surface area contributed by atoms with Gasteiger partial charge in [-0.1, -0.05) is 65.2 Å². The van der Waals surface area contributed by atoms with Gasteiger partial charge in [0.05, 0.1) is 23.7 Å². The molecule has 0 unspecified atom stereocenters. The smallest absolute Gasteiger partial charge is 0.314 e. The quantitative estimate of drug-likeness (QED) is 0.0704. The van der Waals surface area contributed by atoms with Crippen LogP contribution in [-0.4, -0.2) is 12.6 Å². The molecule has 3 rings (SSSR count). The van der Waals surface area contributed by atoms with Gasteiger partial charge >= 0.3 is 5.97 Å². The molecule has 0 radical (unpaired) electrons. The first-order valence-corrected chi connectivity index (χ1v) is 14.6. The van der Waals surface area contributed by atoms with E-state index >= 15 is 0 Å². The number of carbonyl (C=O) groups excluding carboxylic acids is 1. The van der Waals surface area contributed by atoms with Crippen LogP contribution in [-0.2, 0) is 4.79 Å². The number of unbranched alkanes of at least 4 members (excludes halogenated alkanes) is 6. The molecule has 0 heterocycles. The fraction of sp³-hybridized carbons (Fsp3) is 0.581. The number of rotatable bonds is 14. The summed E-state index contributed by atoms with van der Waals surface area (Å²) in [4.78, 5) is 12.6. The minimum absolute atomic E-state index is 0.292. The zero-order valence-electron chi connectivity index (χ0n) is 23.8. The van der Waals surface area contributed by atoms with Gasteiger partial charge in [0.25, 0.3) is 0 Å². The Bertz CT molecular complexity index is 1180. The first-order valence-electron chi connectivity index (χ1n) is 14.6. The molecule has 0 atom stereocenters. The number of hydrogen-bond donors (Lipinski definition) is 0. The van der Waals surface area contributed by atoms with Gasteiger partial charge in [-0.15, -0.1) is 0 Å². The van der Waals surface area contributed by atoms with Crippen LogP contribution in [0, 0.1) is 58.4 Å². The zero-order chi connectivity index (χ0) is 31.0. The molecular formula is C31H36F8O3. The van der Waals surface area contributed by atoms with Gasteiger partial charge in [-0.3, -0.25) is 4.79 Å². The van der Waals surface area contributed by atoms with Crippen LogP contribution in [0.4, 0.5) is 35.1 Å². The lowest BCUT2D eigenvalue weighted by Gasteiger charge is -2.27. The van der Waals surface area contributed by atoms with E-state index in [1.165, 1.54) is 6.42 Å². The molecule has 42 heavy (non-hydrogen) atoms. The van der Waals surface area contributed by atoms with Crippen molar-refractivity contribution in [1.29, 1.82) is 0 Å². The average Bonchev–Trinajstić information content (AvgIpc) is 2.98. The number of benzene rings is 2. The molecule has 1 saturated carbocycles. The number of esters is 1. The molecule has 0 saturated heterocycles. The minimum Gasteiger partial charge on any atom is -0.487 e. The van der Waals surface area contributed by atoms with Gasteiger partial charge in [-0.2, -0.15) is 17.6 Å². The van der Waals surface area contributed by atoms with Gasteiger partial charge in [0.2, 0.25) is 29.0 Å². The molecule has 0 aromatic heterocycles. The summed E-state index contributed by atoms with van der Waals surface area (Å²) < 4.78 is 128. The van der Waals surface area contributed by atoms with Crippen molar-refractivity contribution in [3.05, 3.63) is 46.5 Å². The van der Waals surface area contributed by atoms with Crippen molar-refractivity contribution in [3.8, 4) is 22.6 Å². The van der Waals surface area contributed by atoms with Crippen molar-refractivity contribution < 1.29 is 49.4 Å². The van der Waals surface area contributed by atoms with Crippen LogP contribution in [0.25, 0.3) is 11.1 Å². The van der Waals surface area contributed by atoms with Crippen LogP contribution in [0.2, 0.25) is 0 Å². The van der Waals surface area contributed by atoms with E-state index < -0.39 is 81.1 Å². The third-order valence-corrected chi connectivity index (χ3v) is 7.79. The van der Waals surface area contributed by atoms with Crippen LogP contribution < -0.4 is 9.47 Å². The maximum absolute atomic E-state index is 15.0. The molecule has 0 bridgehead atoms. The van der Waals surface area contributed by atoms with Crippen molar-refractivity contribution in [2.45, 2.75) is 97.3 Å². The summed E-state index contributed by atoms with van der Waals surface area (Å²) in [6.07, 6.45) is 10.3. The van der Waals surface area contributed by atoms with E-state index in [0.717, 1.165) is 32.1 Å². The van der Waals surface area contributed by atoms with Crippen LogP contribution in [0.3, 0.4) is 0 Å². The van der Waals surface area contributed by atoms with E-state index in [4.69, 9.17) is 9.47 Å². The molecule has 2 aromatic carbocycles. The Labute approximate surface area is 240 Å². The topological polar surface area (TPSA) is 35.5 Å². The molecule has 0 amide bonds. The number of ether oxygens (including phenoxy) is 2. The van der Waals surface area contributed by atoms with Crippen molar-refractivity contribution in [2.24, 2.45) is 11.8 Å². The molecule has 2 aromatic rings. The van der Waals surface area contributed by atoms with Crippen LogP contribution in [0.5, 0.6) is 11.5 Å². The van der Waals surface area contributed by atoms with E-state index in [1.54, 1.807) is 0 Å². The highest BCUT2D eigenvalue weighted by atomic mass is 19.2. The van der Waals surface area contributed by atoms with Crippen LogP contribution in [0.1, 0.15) is 97.3 Å². The average molecular weight is 609 g/mol. The SMILES string of the molecule is CCCCCCCC1CCC(C(=O)Oc2c(F)c(F)c(-c3c(F)c(F)c(OCCCCC)c(F)c3F)c(F)c2F)CC1. The highest BCUT2D eigenvalue weighted by Crippen LogP contribution is 2.42. The lowest BCUT2D eigenvalue weighted by molar-refractivity contribution is -0.140. The molecule has 1 aliphatic rings. The van der Waals surface area contributed by atoms with Crippen molar-refractivity contribution >= 4 is 5.97 Å². The van der Waals surface area contributed by atoms with E-state index in [0.29, 0.717) is 50.9 Å². The second-order valence-electron chi connectivity index (χ2n) is 10.8. The molecule has 11 heteroatoms. The van der Waals surface area contributed by atoms with Crippen LogP contribution >= 0.6 is 0 Å². The molecule has 3 nitrogen and oxygen atoms in total. The molecule has 234 valence electrons. The number of halogens is 8. The predicted molar refractivity (Wildman–Crippen MR) is 141 cm³/mol. The first kappa shape index (κ1) is 33.6. The Balaban J connectivity index is 1.80. The predicted octanol–water partition coefficient (Wildman–Crippen LogP) is 10.1. The first-order chi connectivity index (χ1) is 20.0. The summed E-state index contributed by atoms with van der Waals surface area (Å²) >= 11 is 0. The van der Waals surface area contributed by atoms with Gasteiger partial charge in [0, 0.05) is 0 Å². The highest BCUT2D eigenvalue weighted by molar-refractivity contribution is 5.76. The number of hydrogen-bond acceptors (Lipinski definition) is 3. The van der Waals surface area contributed by atoms with Gasteiger partial charge in [0.1, 0.15) is 0 Å². The van der Waals surface area contributed by atoms with Gasteiger partial charge < -0.3 is 9.47 Å². The highest BCUT2D eigenvalue weighted by Gasteiger charge is 2.37. The van der Waals surface area contributed by atoms with E-state index in [2.05, 4.69) is 6.92 Å². The van der Waals surface area contributed by atoms with E-state index in [-0.39, 0.29) is 6.61 Å². The zero-order valence-corrected chi connectivity index (χ0v) is 23.8. The fourth-order valence-corrected chi connectivity index (χ4v) is 5.31. The van der Waals surface area contributed by atoms with Gasteiger partial charge in [-0.25, -0.2) is 17.6 Å². The largest absolute Gasteiger partial charge is 0.487 e. The van der Waals surface area contributed by atoms with Crippen molar-refractivity contribution in [2.75, 3.05) is 6.61 Å². The third kappa shape index (κ3) is 7.56. The van der Waals surface area contributed by atoms with Crippen molar-refractivity contribution in [1.82, 2.24) is 0 Å². The Morgan fingerprint density at radius 1 is 0.595 bits per heavy atom. The monoisotopic (exact) mass is 608 g/mol. The van der Waals surface area contributed by atoms with Gasteiger partial charge in [0.15, 0.2) is 29.0 Å². The third-order valence-electron chi connectivity index (χ3n) is 7.79. The van der Waals surface area contributed by atoms with Crippen LogP contribution in [0.15, 0.2) is 0 Å². The number of carbonyl (C=O) groups is 1. The second kappa shape index (κ2) is 15.6. The maximum Gasteiger partial charge on any atom is 0.314 e. The lowest BCUT2D eigenvalue weighted by Crippen LogP contribution is -2.26. The molecule has 0 N–H and O–H groups in total. The van der Waals surface area contributed by atoms with E-state index in [9.17, 15) is 39.9 Å². The minimum atomic E-state index is -2.39. The molecule has 1 fully saturated rings. The Kier molecular flexibility index (Phi) is 12.5. The molecule has 1 aliphatic carbocycles. The van der Waals surface area contributed by atoms with E-state index in [1.807, 2.05) is 6.92 Å². The second-order valence-corrected chi connectivity index (χ2v) is 10.8. The normalized spacial score (nSPS) is 17.0. The molecular weight excluding hydrogens is 572 g/mol. The van der Waals surface area contributed by atoms with Gasteiger partial charge in [-0.05, 0) is 38.0 Å². The molecule has 0 aliphatic heterocycles. The standard InChI is InChI=1S/C31H36F8O3/c1-3-5-7-8-9-11-17-12-14-18(15-13-17)31(40)42-30-27(38)23(34)20(24(35)28(30)39)19-21(32)25(36)29(26(37)22(19)33)41-16-10-6-4-2/h17-18H,3-16H2,1-2H3. The summed E-state index contributed by atoms with van der Waals surface area (Å²) in [5.74, 6) is -22.9. The Morgan fingerprint density at radius 3 is 1.55 bits per heavy atom. The summed E-state index contributed by atoms with van der Waals surface area (Å²) in [5, 5.41) is 0. The Hall–Kier alpha value is -2.85. The summed E-state index contributed by atoms with van der Waals surface area (Å²) in [6.45, 7) is 3.64. The maximum atomic E-state index is 15.0. The van der Waals surface area contributed by atoms with Crippen molar-refractivity contribution in [3.63, 3.8) is 0 Å². The summed E-state index contributed by atoms with van der Waals surface area (Å²) in [7, 11) is 0. The fourth-order valence-electron chi connectivity index (χ4n) is 5.31. The summed E-state index contributed by atoms with van der Waals surface area (Å²) in [6, 6.07) is 0.